The maximum Gasteiger partial charge on any atom is 0.419 e. The molecule has 1 aromatic carbocycles. The third-order valence-corrected chi connectivity index (χ3v) is 4.62. The first-order valence-corrected chi connectivity index (χ1v) is 8.70. The topological polar surface area (TPSA) is 71.3 Å². The highest BCUT2D eigenvalue weighted by molar-refractivity contribution is 6.04. The lowest BCUT2D eigenvalue weighted by molar-refractivity contribution is -0.139. The average molecular weight is 398 g/mol. The van der Waals surface area contributed by atoms with Crippen molar-refractivity contribution < 1.29 is 26.8 Å². The fraction of sp³-hybridized carbons (Fsp3) is 0.368. The zero-order valence-electron chi connectivity index (χ0n) is 15.0. The predicted octanol–water partition coefficient (Wildman–Crippen LogP) is 3.83. The second-order valence-electron chi connectivity index (χ2n) is 6.68. The summed E-state index contributed by atoms with van der Waals surface area (Å²) < 4.78 is 57.1. The van der Waals surface area contributed by atoms with E-state index in [1.165, 1.54) is 0 Å². The lowest BCUT2D eigenvalue weighted by Gasteiger charge is -2.22. The highest BCUT2D eigenvalue weighted by Gasteiger charge is 2.34. The van der Waals surface area contributed by atoms with E-state index in [0.717, 1.165) is 25.5 Å². The molecule has 1 unspecified atom stereocenters. The van der Waals surface area contributed by atoms with Crippen LogP contribution in [0.2, 0.25) is 0 Å². The molecule has 5 nitrogen and oxygen atoms in total. The van der Waals surface area contributed by atoms with Crippen molar-refractivity contribution in [1.29, 1.82) is 0 Å². The minimum absolute atomic E-state index is 0.0173. The first-order valence-electron chi connectivity index (χ1n) is 8.70. The fourth-order valence-electron chi connectivity index (χ4n) is 3.22. The Bertz CT molecular complexity index is 947. The van der Waals surface area contributed by atoms with Crippen LogP contribution in [0.3, 0.4) is 0 Å². The molecule has 1 saturated heterocycles. The molecule has 0 bridgehead atoms. The van der Waals surface area contributed by atoms with Gasteiger partial charge in [0.1, 0.15) is 17.1 Å². The van der Waals surface area contributed by atoms with Crippen molar-refractivity contribution in [2.24, 2.45) is 0 Å². The van der Waals surface area contributed by atoms with Crippen LogP contribution in [-0.2, 0) is 6.18 Å². The second kappa shape index (κ2) is 7.75. The number of carbonyl (C=O) groups is 1. The molecular formula is C19H18F4N2O3. The number of piperidine rings is 1. The summed E-state index contributed by atoms with van der Waals surface area (Å²) in [5.41, 5.74) is -2.60. The van der Waals surface area contributed by atoms with Crippen molar-refractivity contribution in [2.45, 2.75) is 31.9 Å². The average Bonchev–Trinajstić information content (AvgIpc) is 2.62. The van der Waals surface area contributed by atoms with Gasteiger partial charge in [0.15, 0.2) is 0 Å². The van der Waals surface area contributed by atoms with Gasteiger partial charge in [-0.15, -0.1) is 0 Å². The summed E-state index contributed by atoms with van der Waals surface area (Å²) in [4.78, 5) is 24.8. The van der Waals surface area contributed by atoms with Gasteiger partial charge in [0.25, 0.3) is 5.91 Å². The Morgan fingerprint density at radius 3 is 2.64 bits per heavy atom. The van der Waals surface area contributed by atoms with Crippen molar-refractivity contribution in [3.63, 3.8) is 0 Å². The van der Waals surface area contributed by atoms with Crippen LogP contribution in [-0.4, -0.2) is 19.0 Å². The van der Waals surface area contributed by atoms with Gasteiger partial charge in [-0.05, 0) is 56.1 Å². The molecule has 1 aromatic heterocycles. The molecule has 1 amide bonds. The number of nitrogens with one attached hydrogen (secondary N) is 2. The Labute approximate surface area is 157 Å². The van der Waals surface area contributed by atoms with Crippen molar-refractivity contribution in [3.8, 4) is 0 Å². The lowest BCUT2D eigenvalue weighted by atomic mass is 9.95. The van der Waals surface area contributed by atoms with Crippen LogP contribution in [0.5, 0.6) is 0 Å². The third kappa shape index (κ3) is 4.24. The maximum atomic E-state index is 13.4. The van der Waals surface area contributed by atoms with E-state index in [2.05, 4.69) is 10.6 Å². The summed E-state index contributed by atoms with van der Waals surface area (Å²) in [6.45, 7) is 3.10. The molecule has 28 heavy (non-hydrogen) atoms. The SMILES string of the molecule is Cc1cc(C2CCCNC2)oc(=O)c1C(=O)Nc1ccc(F)c(C(F)(F)F)c1. The largest absolute Gasteiger partial charge is 0.427 e. The lowest BCUT2D eigenvalue weighted by Crippen LogP contribution is -2.30. The smallest absolute Gasteiger partial charge is 0.419 e. The standard InChI is InChI=1S/C19H18F4N2O3/c1-10-7-15(11-3-2-6-24-9-11)28-18(27)16(10)17(26)25-12-4-5-14(20)13(8-12)19(21,22)23/h4-5,7-8,11,24H,2-3,6,9H2,1H3,(H,25,26). The molecule has 0 saturated carbocycles. The van der Waals surface area contributed by atoms with E-state index in [0.29, 0.717) is 30.0 Å². The van der Waals surface area contributed by atoms with E-state index < -0.39 is 29.1 Å². The molecule has 2 aromatic rings. The Morgan fingerprint density at radius 1 is 1.29 bits per heavy atom. The molecule has 0 radical (unpaired) electrons. The number of aryl methyl sites for hydroxylation is 1. The second-order valence-corrected chi connectivity index (χ2v) is 6.68. The molecule has 3 rings (SSSR count). The number of hydrogen-bond donors (Lipinski definition) is 2. The highest BCUT2D eigenvalue weighted by atomic mass is 19.4. The van der Waals surface area contributed by atoms with Crippen LogP contribution in [0.25, 0.3) is 0 Å². The monoisotopic (exact) mass is 398 g/mol. The molecule has 1 aliphatic heterocycles. The zero-order chi connectivity index (χ0) is 20.5. The van der Waals surface area contributed by atoms with Crippen LogP contribution in [0.4, 0.5) is 23.2 Å². The van der Waals surface area contributed by atoms with Gasteiger partial charge in [-0.2, -0.15) is 13.2 Å². The van der Waals surface area contributed by atoms with Crippen LogP contribution in [0, 0.1) is 12.7 Å². The Balaban J connectivity index is 1.86. The van der Waals surface area contributed by atoms with E-state index in [4.69, 9.17) is 4.42 Å². The van der Waals surface area contributed by atoms with E-state index in [1.54, 1.807) is 13.0 Å². The highest BCUT2D eigenvalue weighted by Crippen LogP contribution is 2.33. The number of amides is 1. The van der Waals surface area contributed by atoms with Gasteiger partial charge >= 0.3 is 11.8 Å². The van der Waals surface area contributed by atoms with Gasteiger partial charge in [0.2, 0.25) is 0 Å². The van der Waals surface area contributed by atoms with E-state index in [1.807, 2.05) is 0 Å². The van der Waals surface area contributed by atoms with Crippen LogP contribution < -0.4 is 16.3 Å². The summed E-state index contributed by atoms with van der Waals surface area (Å²) >= 11 is 0. The molecule has 1 aliphatic rings. The van der Waals surface area contributed by atoms with Crippen LogP contribution in [0.1, 0.15) is 46.0 Å². The minimum Gasteiger partial charge on any atom is -0.427 e. The Morgan fingerprint density at radius 2 is 2.04 bits per heavy atom. The van der Waals surface area contributed by atoms with Gasteiger partial charge in [-0.25, -0.2) is 9.18 Å². The summed E-state index contributed by atoms with van der Waals surface area (Å²) in [7, 11) is 0. The van der Waals surface area contributed by atoms with E-state index in [9.17, 15) is 27.2 Å². The normalized spacial score (nSPS) is 17.4. The molecule has 0 spiro atoms. The number of rotatable bonds is 3. The van der Waals surface area contributed by atoms with Crippen molar-refractivity contribution >= 4 is 11.6 Å². The molecule has 2 N–H and O–H groups in total. The summed E-state index contributed by atoms with van der Waals surface area (Å²) in [5, 5.41) is 5.40. The molecule has 2 heterocycles. The van der Waals surface area contributed by atoms with Gasteiger partial charge in [-0.1, -0.05) is 0 Å². The van der Waals surface area contributed by atoms with Gasteiger partial charge in [0.05, 0.1) is 5.56 Å². The van der Waals surface area contributed by atoms with E-state index >= 15 is 0 Å². The van der Waals surface area contributed by atoms with Crippen molar-refractivity contribution in [1.82, 2.24) is 5.32 Å². The number of carbonyl (C=O) groups excluding carboxylic acids is 1. The molecule has 0 aliphatic carbocycles. The van der Waals surface area contributed by atoms with Gasteiger partial charge in [-0.3, -0.25) is 4.79 Å². The summed E-state index contributed by atoms with van der Waals surface area (Å²) in [5.74, 6) is -1.89. The number of anilines is 1. The number of alkyl halides is 3. The van der Waals surface area contributed by atoms with Gasteiger partial charge < -0.3 is 15.1 Å². The Hall–Kier alpha value is -2.68. The Kier molecular flexibility index (Phi) is 5.55. The third-order valence-electron chi connectivity index (χ3n) is 4.62. The van der Waals surface area contributed by atoms with E-state index in [-0.39, 0.29) is 17.2 Å². The maximum absolute atomic E-state index is 13.4. The number of benzene rings is 1. The molecular weight excluding hydrogens is 380 g/mol. The van der Waals surface area contributed by atoms with Gasteiger partial charge in [0, 0.05) is 18.2 Å². The summed E-state index contributed by atoms with van der Waals surface area (Å²) in [6.07, 6.45) is -3.13. The molecule has 9 heteroatoms. The minimum atomic E-state index is -4.91. The fourth-order valence-corrected chi connectivity index (χ4v) is 3.22. The first-order chi connectivity index (χ1) is 13.2. The molecule has 150 valence electrons. The zero-order valence-corrected chi connectivity index (χ0v) is 15.0. The van der Waals surface area contributed by atoms with Crippen molar-refractivity contribution in [2.75, 3.05) is 18.4 Å². The first kappa shape index (κ1) is 20.1. The quantitative estimate of drug-likeness (QED) is 0.771. The number of hydrogen-bond acceptors (Lipinski definition) is 4. The summed E-state index contributed by atoms with van der Waals surface area (Å²) in [6, 6.07) is 3.67. The molecule has 1 fully saturated rings. The van der Waals surface area contributed by atoms with Crippen LogP contribution in [0.15, 0.2) is 33.5 Å². The van der Waals surface area contributed by atoms with Crippen molar-refractivity contribution in [3.05, 3.63) is 63.0 Å². The number of halogens is 4. The molecule has 1 atom stereocenters. The predicted molar refractivity (Wildman–Crippen MR) is 93.9 cm³/mol. The van der Waals surface area contributed by atoms with Crippen LogP contribution >= 0.6 is 0 Å².